The predicted molar refractivity (Wildman–Crippen MR) is 100 cm³/mol. The molecule has 1 fully saturated rings. The lowest BCUT2D eigenvalue weighted by Gasteiger charge is -2.34. The fraction of sp³-hybridized carbons (Fsp3) is 0.455. The fourth-order valence-corrected chi connectivity index (χ4v) is 3.88. The van der Waals surface area contributed by atoms with Crippen molar-refractivity contribution >= 4 is 0 Å². The molecule has 1 aliphatic heterocycles. The highest BCUT2D eigenvalue weighted by atomic mass is 19.1. The first-order valence-electron chi connectivity index (χ1n) is 9.24. The second-order valence-electron chi connectivity index (χ2n) is 7.42. The summed E-state index contributed by atoms with van der Waals surface area (Å²) in [7, 11) is 0. The van der Waals surface area contributed by atoms with Crippen LogP contribution in [0.1, 0.15) is 41.2 Å². The maximum absolute atomic E-state index is 13.0. The summed E-state index contributed by atoms with van der Waals surface area (Å²) in [6, 6.07) is 13.2. The predicted octanol–water partition coefficient (Wildman–Crippen LogP) is 4.43. The number of aryl methyl sites for hydroxylation is 2. The summed E-state index contributed by atoms with van der Waals surface area (Å²) in [5.74, 6) is 0.160. The fourth-order valence-electron chi connectivity index (χ4n) is 3.88. The molecule has 1 heterocycles. The number of hydrogen-bond donors (Lipinski definition) is 1. The number of aliphatic hydroxyl groups excluding tert-OH is 1. The van der Waals surface area contributed by atoms with Crippen LogP contribution < -0.4 is 0 Å². The van der Waals surface area contributed by atoms with Gasteiger partial charge in [0.25, 0.3) is 0 Å². The van der Waals surface area contributed by atoms with Crippen molar-refractivity contribution in [2.45, 2.75) is 39.2 Å². The summed E-state index contributed by atoms with van der Waals surface area (Å²) in [5, 5.41) is 10.8. The van der Waals surface area contributed by atoms with Gasteiger partial charge in [-0.15, -0.1) is 0 Å². The summed E-state index contributed by atoms with van der Waals surface area (Å²) >= 11 is 0. The highest BCUT2D eigenvalue weighted by Crippen LogP contribution is 2.31. The Bertz CT molecular complexity index is 669. The molecule has 0 saturated carbocycles. The van der Waals surface area contributed by atoms with Gasteiger partial charge in [0, 0.05) is 6.54 Å². The van der Waals surface area contributed by atoms with Crippen LogP contribution in [-0.2, 0) is 6.42 Å². The summed E-state index contributed by atoms with van der Waals surface area (Å²) in [6.07, 6.45) is 2.64. The van der Waals surface area contributed by atoms with Gasteiger partial charge in [0.2, 0.25) is 0 Å². The standard InChI is InChI=1S/C22H28FNO/c1-16-13-17(2)15-20(14-16)22(25)19-8-11-24(12-9-19)10-7-18-3-5-21(23)6-4-18/h3-6,13-15,19,22,25H,7-12H2,1-2H3. The molecule has 2 aromatic carbocycles. The van der Waals surface area contributed by atoms with Crippen LogP contribution in [0.15, 0.2) is 42.5 Å². The van der Waals surface area contributed by atoms with Gasteiger partial charge in [-0.25, -0.2) is 4.39 Å². The van der Waals surface area contributed by atoms with E-state index in [1.165, 1.54) is 28.8 Å². The van der Waals surface area contributed by atoms with E-state index in [4.69, 9.17) is 0 Å². The van der Waals surface area contributed by atoms with Crippen LogP contribution >= 0.6 is 0 Å². The zero-order valence-corrected chi connectivity index (χ0v) is 15.2. The smallest absolute Gasteiger partial charge is 0.123 e. The van der Waals surface area contributed by atoms with Gasteiger partial charge in [0.1, 0.15) is 5.82 Å². The molecule has 2 aromatic rings. The minimum Gasteiger partial charge on any atom is -0.388 e. The maximum Gasteiger partial charge on any atom is 0.123 e. The highest BCUT2D eigenvalue weighted by molar-refractivity contribution is 5.30. The Balaban J connectivity index is 1.50. The van der Waals surface area contributed by atoms with E-state index in [1.807, 2.05) is 12.1 Å². The number of rotatable bonds is 5. The molecular weight excluding hydrogens is 313 g/mol. The maximum atomic E-state index is 13.0. The largest absolute Gasteiger partial charge is 0.388 e. The van der Waals surface area contributed by atoms with E-state index in [0.717, 1.165) is 44.5 Å². The highest BCUT2D eigenvalue weighted by Gasteiger charge is 2.26. The van der Waals surface area contributed by atoms with Crippen molar-refractivity contribution in [1.29, 1.82) is 0 Å². The molecule has 1 atom stereocenters. The summed E-state index contributed by atoms with van der Waals surface area (Å²) in [5.41, 5.74) is 4.66. The van der Waals surface area contributed by atoms with E-state index in [0.29, 0.717) is 5.92 Å². The van der Waals surface area contributed by atoms with E-state index < -0.39 is 0 Å². The topological polar surface area (TPSA) is 23.5 Å². The monoisotopic (exact) mass is 341 g/mol. The van der Waals surface area contributed by atoms with E-state index in [-0.39, 0.29) is 11.9 Å². The van der Waals surface area contributed by atoms with Crippen LogP contribution in [0, 0.1) is 25.6 Å². The Morgan fingerprint density at radius 3 is 2.24 bits per heavy atom. The molecule has 1 N–H and O–H groups in total. The quantitative estimate of drug-likeness (QED) is 0.869. The van der Waals surface area contributed by atoms with Crippen LogP contribution in [0.3, 0.4) is 0 Å². The second-order valence-corrected chi connectivity index (χ2v) is 7.42. The van der Waals surface area contributed by atoms with Crippen molar-refractivity contribution in [3.63, 3.8) is 0 Å². The third-order valence-corrected chi connectivity index (χ3v) is 5.29. The van der Waals surface area contributed by atoms with Gasteiger partial charge in [0.05, 0.1) is 6.10 Å². The van der Waals surface area contributed by atoms with Crippen LogP contribution in [0.25, 0.3) is 0 Å². The molecule has 0 spiro atoms. The number of nitrogens with zero attached hydrogens (tertiary/aromatic N) is 1. The van der Waals surface area contributed by atoms with Crippen molar-refractivity contribution in [2.75, 3.05) is 19.6 Å². The van der Waals surface area contributed by atoms with Crippen LogP contribution in [-0.4, -0.2) is 29.6 Å². The molecule has 0 radical (unpaired) electrons. The minimum atomic E-state index is -0.363. The summed E-state index contributed by atoms with van der Waals surface area (Å²) in [4.78, 5) is 2.45. The van der Waals surface area contributed by atoms with Gasteiger partial charge in [-0.05, 0) is 75.4 Å². The molecule has 0 aromatic heterocycles. The summed E-state index contributed by atoms with van der Waals surface area (Å²) in [6.45, 7) is 7.21. The molecule has 0 amide bonds. The molecule has 0 bridgehead atoms. The molecule has 1 saturated heterocycles. The van der Waals surface area contributed by atoms with E-state index in [2.05, 4.69) is 36.9 Å². The zero-order valence-electron chi connectivity index (χ0n) is 15.2. The second kappa shape index (κ2) is 8.11. The van der Waals surface area contributed by atoms with Crippen LogP contribution in [0.5, 0.6) is 0 Å². The Kier molecular flexibility index (Phi) is 5.87. The van der Waals surface area contributed by atoms with Crippen molar-refractivity contribution in [3.8, 4) is 0 Å². The molecule has 1 unspecified atom stereocenters. The first-order chi connectivity index (χ1) is 12.0. The first-order valence-corrected chi connectivity index (χ1v) is 9.24. The number of piperidine rings is 1. The third kappa shape index (κ3) is 4.90. The molecule has 134 valence electrons. The number of benzene rings is 2. The molecular formula is C22H28FNO. The molecule has 1 aliphatic rings. The first kappa shape index (κ1) is 18.1. The van der Waals surface area contributed by atoms with Gasteiger partial charge < -0.3 is 10.0 Å². The lowest BCUT2D eigenvalue weighted by atomic mass is 9.86. The van der Waals surface area contributed by atoms with Crippen molar-refractivity contribution in [3.05, 3.63) is 70.5 Å². The van der Waals surface area contributed by atoms with E-state index in [9.17, 15) is 9.50 Å². The number of halogens is 1. The summed E-state index contributed by atoms with van der Waals surface area (Å²) < 4.78 is 13.0. The minimum absolute atomic E-state index is 0.176. The van der Waals surface area contributed by atoms with Gasteiger partial charge in [-0.2, -0.15) is 0 Å². The molecule has 3 rings (SSSR count). The Labute approximate surface area is 150 Å². The molecule has 0 aliphatic carbocycles. The Hall–Kier alpha value is -1.71. The van der Waals surface area contributed by atoms with Crippen LogP contribution in [0.2, 0.25) is 0 Å². The lowest BCUT2D eigenvalue weighted by molar-refractivity contribution is 0.0591. The average molecular weight is 341 g/mol. The molecule has 2 nitrogen and oxygen atoms in total. The molecule has 25 heavy (non-hydrogen) atoms. The van der Waals surface area contributed by atoms with Crippen molar-refractivity contribution in [1.82, 2.24) is 4.90 Å². The molecule has 3 heteroatoms. The average Bonchev–Trinajstić information content (AvgIpc) is 2.60. The third-order valence-electron chi connectivity index (χ3n) is 5.29. The number of hydrogen-bond acceptors (Lipinski definition) is 2. The van der Waals surface area contributed by atoms with Gasteiger partial charge in [0.15, 0.2) is 0 Å². The van der Waals surface area contributed by atoms with Gasteiger partial charge in [-0.1, -0.05) is 41.5 Å². The Morgan fingerprint density at radius 1 is 1.04 bits per heavy atom. The van der Waals surface area contributed by atoms with Crippen LogP contribution in [0.4, 0.5) is 4.39 Å². The lowest BCUT2D eigenvalue weighted by Crippen LogP contribution is -2.36. The van der Waals surface area contributed by atoms with Gasteiger partial charge in [-0.3, -0.25) is 0 Å². The number of aliphatic hydroxyl groups is 1. The SMILES string of the molecule is Cc1cc(C)cc(C(O)C2CCN(CCc3ccc(F)cc3)CC2)c1. The van der Waals surface area contributed by atoms with E-state index >= 15 is 0 Å². The number of likely N-dealkylation sites (tertiary alicyclic amines) is 1. The van der Waals surface area contributed by atoms with Crippen molar-refractivity contribution in [2.24, 2.45) is 5.92 Å². The van der Waals surface area contributed by atoms with E-state index in [1.54, 1.807) is 0 Å². The van der Waals surface area contributed by atoms with Gasteiger partial charge >= 0.3 is 0 Å². The normalized spacial score (nSPS) is 17.6. The Morgan fingerprint density at radius 2 is 1.64 bits per heavy atom. The zero-order chi connectivity index (χ0) is 17.8. The van der Waals surface area contributed by atoms with Crippen molar-refractivity contribution < 1.29 is 9.50 Å².